The normalized spacial score (nSPS) is 11.6. The molecule has 0 radical (unpaired) electrons. The van der Waals surface area contributed by atoms with E-state index in [9.17, 15) is 70.2 Å². The summed E-state index contributed by atoms with van der Waals surface area (Å²) in [5.41, 5.74) is -17.1. The Kier molecular flexibility index (Phi) is 7.40. The Bertz CT molecular complexity index is 1680. The van der Waals surface area contributed by atoms with E-state index in [0.717, 1.165) is 0 Å². The SMILES string of the molecule is Fc1c(F)c(F)c(-c2c(F)c(F)c(F)c(-c3c(F)c(F)c(F)c(F)c3F)c2-c2c(F)c(F)c(F)c(F)c2F)c(F)c1F. The Morgan fingerprint density at radius 1 is 0.119 bits per heavy atom. The zero-order valence-corrected chi connectivity index (χ0v) is 18.8. The van der Waals surface area contributed by atoms with Gasteiger partial charge in [-0.3, -0.25) is 0 Å². The summed E-state index contributed by atoms with van der Waals surface area (Å²) in [7, 11) is 0. The Morgan fingerprint density at radius 3 is 0.452 bits per heavy atom. The number of hydrogen-bond donors (Lipinski definition) is 0. The highest BCUT2D eigenvalue weighted by Gasteiger charge is 2.41. The van der Waals surface area contributed by atoms with Gasteiger partial charge in [0, 0.05) is 16.7 Å². The van der Waals surface area contributed by atoms with E-state index in [0.29, 0.717) is 0 Å². The van der Waals surface area contributed by atoms with Crippen LogP contribution in [0, 0.1) is 105 Å². The molecule has 0 N–H and O–H groups in total. The molecule has 0 bridgehead atoms. The van der Waals surface area contributed by atoms with Crippen molar-refractivity contribution in [2.45, 2.75) is 0 Å². The average molecular weight is 630 g/mol. The number of rotatable bonds is 3. The van der Waals surface area contributed by atoms with Gasteiger partial charge in [-0.15, -0.1) is 0 Å². The Hall–Kier alpha value is -4.38. The fraction of sp³-hybridized carbons (Fsp3) is 0. The van der Waals surface area contributed by atoms with Crippen LogP contribution in [-0.4, -0.2) is 0 Å². The van der Waals surface area contributed by atoms with Gasteiger partial charge < -0.3 is 0 Å². The largest absolute Gasteiger partial charge is 0.203 e. The predicted molar refractivity (Wildman–Crippen MR) is 102 cm³/mol. The van der Waals surface area contributed by atoms with Gasteiger partial charge in [0.1, 0.15) is 0 Å². The lowest BCUT2D eigenvalue weighted by Gasteiger charge is -2.22. The van der Waals surface area contributed by atoms with Gasteiger partial charge in [-0.2, -0.15) is 0 Å². The van der Waals surface area contributed by atoms with Crippen LogP contribution in [0.1, 0.15) is 0 Å². The molecule has 4 rings (SSSR count). The summed E-state index contributed by atoms with van der Waals surface area (Å²) in [6.07, 6.45) is 0. The van der Waals surface area contributed by atoms with E-state index in [-0.39, 0.29) is 0 Å². The molecule has 0 nitrogen and oxygen atoms in total. The fourth-order valence-electron chi connectivity index (χ4n) is 3.85. The molecule has 0 aromatic heterocycles. The molecule has 0 amide bonds. The minimum Gasteiger partial charge on any atom is -0.203 e. The number of hydrogen-bond acceptors (Lipinski definition) is 0. The van der Waals surface area contributed by atoms with Crippen molar-refractivity contribution in [2.24, 2.45) is 0 Å². The van der Waals surface area contributed by atoms with Crippen molar-refractivity contribution in [3.8, 4) is 33.4 Å². The molecule has 4 aromatic carbocycles. The quantitative estimate of drug-likeness (QED) is 0.120. The Labute approximate surface area is 218 Å². The van der Waals surface area contributed by atoms with Crippen LogP contribution in [0.25, 0.3) is 33.4 Å². The second kappa shape index (κ2) is 10.2. The van der Waals surface area contributed by atoms with Gasteiger partial charge in [-0.1, -0.05) is 0 Å². The van der Waals surface area contributed by atoms with Crippen LogP contribution >= 0.6 is 0 Å². The maximum atomic E-state index is 15.1. The van der Waals surface area contributed by atoms with Crippen molar-refractivity contribution in [3.05, 3.63) is 105 Å². The lowest BCUT2D eigenvalue weighted by molar-refractivity contribution is 0.378. The molecule has 0 saturated heterocycles. The molecule has 4 aromatic rings. The van der Waals surface area contributed by atoms with Crippen molar-refractivity contribution in [1.82, 2.24) is 0 Å². The first-order valence-electron chi connectivity index (χ1n) is 10.2. The summed E-state index contributed by atoms with van der Waals surface area (Å²) in [6, 6.07) is 0. The van der Waals surface area contributed by atoms with Gasteiger partial charge in [-0.05, 0) is 0 Å². The van der Waals surface area contributed by atoms with Gasteiger partial charge in [0.05, 0.1) is 16.7 Å². The molecule has 222 valence electrons. The van der Waals surface area contributed by atoms with Crippen LogP contribution in [0.3, 0.4) is 0 Å². The summed E-state index contributed by atoms with van der Waals surface area (Å²) < 4.78 is 258. The van der Waals surface area contributed by atoms with E-state index in [1.807, 2.05) is 0 Å². The molecule has 0 saturated carbocycles. The topological polar surface area (TPSA) is 0 Å². The first-order valence-corrected chi connectivity index (χ1v) is 10.2. The van der Waals surface area contributed by atoms with Crippen LogP contribution in [-0.2, 0) is 0 Å². The minimum atomic E-state index is -3.28. The van der Waals surface area contributed by atoms with Gasteiger partial charge in [0.15, 0.2) is 87.3 Å². The van der Waals surface area contributed by atoms with Crippen LogP contribution in [0.5, 0.6) is 0 Å². The summed E-state index contributed by atoms with van der Waals surface area (Å²) >= 11 is 0. The summed E-state index contributed by atoms with van der Waals surface area (Å²) in [4.78, 5) is 0. The summed E-state index contributed by atoms with van der Waals surface area (Å²) in [6.45, 7) is 0. The molecule has 0 aliphatic rings. The third-order valence-corrected chi connectivity index (χ3v) is 5.70. The average Bonchev–Trinajstić information content (AvgIpc) is 2.96. The molecular weight excluding hydrogens is 630 g/mol. The molecule has 0 aliphatic heterocycles. The smallest absolute Gasteiger partial charge is 0.200 e. The van der Waals surface area contributed by atoms with E-state index in [2.05, 4.69) is 0 Å². The third kappa shape index (κ3) is 3.98. The van der Waals surface area contributed by atoms with Crippen molar-refractivity contribution in [1.29, 1.82) is 0 Å². The van der Waals surface area contributed by atoms with E-state index in [1.165, 1.54) is 0 Å². The summed E-state index contributed by atoms with van der Waals surface area (Å²) in [5, 5.41) is 0. The second-order valence-corrected chi connectivity index (χ2v) is 7.90. The molecule has 42 heavy (non-hydrogen) atoms. The lowest BCUT2D eigenvalue weighted by Crippen LogP contribution is -2.13. The highest BCUT2D eigenvalue weighted by Crippen LogP contribution is 2.50. The lowest BCUT2D eigenvalue weighted by atomic mass is 9.84. The maximum Gasteiger partial charge on any atom is 0.200 e. The van der Waals surface area contributed by atoms with E-state index in [4.69, 9.17) is 0 Å². The van der Waals surface area contributed by atoms with Crippen molar-refractivity contribution in [3.63, 3.8) is 0 Å². The third-order valence-electron chi connectivity index (χ3n) is 5.70. The molecular formula is C24F18. The molecule has 0 unspecified atom stereocenters. The van der Waals surface area contributed by atoms with Gasteiger partial charge in [-0.25, -0.2) is 79.0 Å². The highest BCUT2D eigenvalue weighted by atomic mass is 19.2. The zero-order chi connectivity index (χ0) is 31.9. The summed E-state index contributed by atoms with van der Waals surface area (Å²) in [5.74, 6) is -56.9. The first-order chi connectivity index (χ1) is 19.4. The maximum absolute atomic E-state index is 15.1. The second-order valence-electron chi connectivity index (χ2n) is 7.90. The number of benzene rings is 4. The first kappa shape index (κ1) is 30.6. The zero-order valence-electron chi connectivity index (χ0n) is 18.8. The fourth-order valence-corrected chi connectivity index (χ4v) is 3.85. The standard InChI is InChI=1S/C24F18/c25-7-2(5-11(29)18(36)23(41)19(37)12(5)30)1(4-9(27)16(34)22(40)17(35)10(4)28)3(8(26)15(7)33)6-13(31)20(38)24(42)21(39)14(6)32. The van der Waals surface area contributed by atoms with E-state index in [1.54, 1.807) is 0 Å². The van der Waals surface area contributed by atoms with Gasteiger partial charge >= 0.3 is 0 Å². The van der Waals surface area contributed by atoms with Crippen LogP contribution in [0.2, 0.25) is 0 Å². The predicted octanol–water partition coefficient (Wildman–Crippen LogP) is 9.19. The molecule has 0 spiro atoms. The number of halogens is 18. The molecule has 18 heteroatoms. The Morgan fingerprint density at radius 2 is 0.238 bits per heavy atom. The van der Waals surface area contributed by atoms with Crippen LogP contribution in [0.15, 0.2) is 0 Å². The van der Waals surface area contributed by atoms with Gasteiger partial charge in [0.2, 0.25) is 17.5 Å². The van der Waals surface area contributed by atoms with E-state index < -0.39 is 138 Å². The molecule has 0 aliphatic carbocycles. The molecule has 0 heterocycles. The minimum absolute atomic E-state index is 2.83. The van der Waals surface area contributed by atoms with Crippen LogP contribution < -0.4 is 0 Å². The molecule has 0 fully saturated rings. The van der Waals surface area contributed by atoms with Crippen molar-refractivity contribution < 1.29 is 79.0 Å². The van der Waals surface area contributed by atoms with Crippen molar-refractivity contribution >= 4 is 0 Å². The monoisotopic (exact) mass is 630 g/mol. The highest BCUT2D eigenvalue weighted by molar-refractivity contribution is 5.96. The molecule has 0 atom stereocenters. The van der Waals surface area contributed by atoms with Crippen LogP contribution in [0.4, 0.5) is 79.0 Å². The Balaban J connectivity index is 2.50. The van der Waals surface area contributed by atoms with Crippen molar-refractivity contribution in [2.75, 3.05) is 0 Å². The van der Waals surface area contributed by atoms with E-state index >= 15 is 8.78 Å². The van der Waals surface area contributed by atoms with Gasteiger partial charge in [0.25, 0.3) is 0 Å².